The molecule has 2 heterocycles. The highest BCUT2D eigenvalue weighted by Gasteiger charge is 2.57. The number of hydrogen-bond donors (Lipinski definition) is 0. The summed E-state index contributed by atoms with van der Waals surface area (Å²) in [5, 5.41) is 0. The van der Waals surface area contributed by atoms with Gasteiger partial charge in [0.05, 0.1) is 0 Å². The SMILES string of the molecule is Cc1ccccc1-n1c(C)c2[n+](c1C)C(c1ccccc1)(C1CCCC1)c1ccccc1-2. The number of benzene rings is 3. The van der Waals surface area contributed by atoms with E-state index in [2.05, 4.69) is 109 Å². The molecule has 2 heteroatoms. The van der Waals surface area contributed by atoms with Crippen molar-refractivity contribution in [2.45, 2.75) is 52.0 Å². The van der Waals surface area contributed by atoms with Crippen LogP contribution in [0.25, 0.3) is 16.9 Å². The first-order valence-corrected chi connectivity index (χ1v) is 12.0. The number of aryl methyl sites for hydroxylation is 1. The predicted molar refractivity (Wildman–Crippen MR) is 130 cm³/mol. The van der Waals surface area contributed by atoms with E-state index in [1.807, 2.05) is 0 Å². The molecule has 6 rings (SSSR count). The Morgan fingerprint density at radius 3 is 2.19 bits per heavy atom. The maximum atomic E-state index is 2.71. The minimum atomic E-state index is -0.146. The molecule has 0 radical (unpaired) electrons. The van der Waals surface area contributed by atoms with Crippen LogP contribution in [0.3, 0.4) is 0 Å². The number of fused-ring (bicyclic) bond motifs is 3. The minimum absolute atomic E-state index is 0.146. The van der Waals surface area contributed by atoms with Crippen LogP contribution < -0.4 is 4.57 Å². The van der Waals surface area contributed by atoms with Crippen molar-refractivity contribution < 1.29 is 4.57 Å². The monoisotopic (exact) mass is 419 g/mol. The van der Waals surface area contributed by atoms with Gasteiger partial charge < -0.3 is 0 Å². The zero-order valence-corrected chi connectivity index (χ0v) is 19.3. The molecule has 32 heavy (non-hydrogen) atoms. The molecule has 1 atom stereocenters. The molecule has 4 aromatic rings. The van der Waals surface area contributed by atoms with Crippen LogP contribution in [0.15, 0.2) is 78.9 Å². The summed E-state index contributed by atoms with van der Waals surface area (Å²) in [7, 11) is 0. The Morgan fingerprint density at radius 2 is 1.44 bits per heavy atom. The second kappa shape index (κ2) is 7.20. The third-order valence-electron chi connectivity index (χ3n) is 8.01. The van der Waals surface area contributed by atoms with Crippen molar-refractivity contribution in [1.82, 2.24) is 4.57 Å². The fourth-order valence-corrected chi connectivity index (χ4v) is 6.79. The molecule has 2 nitrogen and oxygen atoms in total. The van der Waals surface area contributed by atoms with Crippen LogP contribution in [0.2, 0.25) is 0 Å². The fourth-order valence-electron chi connectivity index (χ4n) is 6.79. The van der Waals surface area contributed by atoms with Crippen LogP contribution in [0.1, 0.15) is 53.9 Å². The van der Waals surface area contributed by atoms with Crippen molar-refractivity contribution in [3.63, 3.8) is 0 Å². The summed E-state index contributed by atoms with van der Waals surface area (Å²) in [6.45, 7) is 6.85. The molecule has 0 spiro atoms. The lowest BCUT2D eigenvalue weighted by atomic mass is 9.72. The largest absolute Gasteiger partial charge is 0.260 e. The number of para-hydroxylation sites is 1. The number of rotatable bonds is 3. The van der Waals surface area contributed by atoms with Gasteiger partial charge in [0.25, 0.3) is 5.82 Å². The second-order valence-corrected chi connectivity index (χ2v) is 9.60. The topological polar surface area (TPSA) is 8.81 Å². The molecular formula is C30H31N2+. The summed E-state index contributed by atoms with van der Waals surface area (Å²) in [5.41, 5.74) is 9.48. The summed E-state index contributed by atoms with van der Waals surface area (Å²) in [6, 6.07) is 29.2. The second-order valence-electron chi connectivity index (χ2n) is 9.60. The summed E-state index contributed by atoms with van der Waals surface area (Å²) in [6.07, 6.45) is 5.22. The molecule has 2 aliphatic rings. The van der Waals surface area contributed by atoms with E-state index in [1.54, 1.807) is 0 Å². The van der Waals surface area contributed by atoms with Gasteiger partial charge in [-0.25, -0.2) is 4.57 Å². The van der Waals surface area contributed by atoms with Crippen LogP contribution in [-0.2, 0) is 5.54 Å². The molecular weight excluding hydrogens is 388 g/mol. The molecule has 1 unspecified atom stereocenters. The Hall–Kier alpha value is -3.13. The van der Waals surface area contributed by atoms with Crippen LogP contribution in [0.4, 0.5) is 0 Å². The van der Waals surface area contributed by atoms with Gasteiger partial charge in [-0.05, 0) is 31.4 Å². The van der Waals surface area contributed by atoms with Crippen LogP contribution >= 0.6 is 0 Å². The highest BCUT2D eigenvalue weighted by atomic mass is 15.2. The number of imidazole rings is 1. The van der Waals surface area contributed by atoms with Crippen molar-refractivity contribution in [2.75, 3.05) is 0 Å². The van der Waals surface area contributed by atoms with E-state index in [9.17, 15) is 0 Å². The van der Waals surface area contributed by atoms with E-state index >= 15 is 0 Å². The number of nitrogens with zero attached hydrogens (tertiary/aromatic N) is 2. The lowest BCUT2D eigenvalue weighted by molar-refractivity contribution is -0.741. The lowest BCUT2D eigenvalue weighted by Crippen LogP contribution is -2.60. The van der Waals surface area contributed by atoms with E-state index in [-0.39, 0.29) is 5.54 Å². The first-order chi connectivity index (χ1) is 15.7. The molecule has 160 valence electrons. The summed E-state index contributed by atoms with van der Waals surface area (Å²) in [5.74, 6) is 1.92. The van der Waals surface area contributed by atoms with Gasteiger partial charge in [0.15, 0.2) is 16.9 Å². The van der Waals surface area contributed by atoms with Crippen molar-refractivity contribution in [2.24, 2.45) is 5.92 Å². The Labute approximate surface area is 191 Å². The molecule has 1 aliphatic heterocycles. The maximum absolute atomic E-state index is 2.71. The number of aromatic nitrogens is 2. The third-order valence-corrected chi connectivity index (χ3v) is 8.01. The van der Waals surface area contributed by atoms with Crippen molar-refractivity contribution in [3.8, 4) is 16.9 Å². The molecule has 0 saturated heterocycles. The zero-order valence-electron chi connectivity index (χ0n) is 19.3. The molecule has 1 aliphatic carbocycles. The van der Waals surface area contributed by atoms with Gasteiger partial charge in [0.2, 0.25) is 0 Å². The van der Waals surface area contributed by atoms with E-state index < -0.39 is 0 Å². The highest BCUT2D eigenvalue weighted by molar-refractivity contribution is 5.71. The van der Waals surface area contributed by atoms with Gasteiger partial charge in [-0.15, -0.1) is 0 Å². The summed E-state index contributed by atoms with van der Waals surface area (Å²) in [4.78, 5) is 0. The van der Waals surface area contributed by atoms with Gasteiger partial charge >= 0.3 is 0 Å². The van der Waals surface area contributed by atoms with Crippen LogP contribution in [0.5, 0.6) is 0 Å². The standard InChI is InChI=1S/C30H31N2/c1-21-13-7-12-20-28(21)31-22(2)29-26-18-10-11-19-27(26)30(32(29)23(31)3,25-16-8-9-17-25)24-14-5-4-6-15-24/h4-7,10-15,18-20,25H,8-9,16-17H2,1-3H3/q+1. The number of hydrogen-bond acceptors (Lipinski definition) is 0. The van der Waals surface area contributed by atoms with Gasteiger partial charge in [-0.3, -0.25) is 0 Å². The van der Waals surface area contributed by atoms with Crippen molar-refractivity contribution in [1.29, 1.82) is 0 Å². The van der Waals surface area contributed by atoms with Gasteiger partial charge in [0.1, 0.15) is 5.69 Å². The van der Waals surface area contributed by atoms with Crippen LogP contribution in [-0.4, -0.2) is 4.57 Å². The van der Waals surface area contributed by atoms with Gasteiger partial charge in [-0.1, -0.05) is 85.6 Å². The van der Waals surface area contributed by atoms with Crippen molar-refractivity contribution in [3.05, 3.63) is 107 Å². The van der Waals surface area contributed by atoms with Crippen LogP contribution in [0, 0.1) is 26.7 Å². The summed E-state index contributed by atoms with van der Waals surface area (Å²) < 4.78 is 5.21. The van der Waals surface area contributed by atoms with E-state index in [0.717, 1.165) is 0 Å². The van der Waals surface area contributed by atoms with Gasteiger partial charge in [-0.2, -0.15) is 4.57 Å². The first-order valence-electron chi connectivity index (χ1n) is 12.0. The lowest BCUT2D eigenvalue weighted by Gasteiger charge is -2.35. The minimum Gasteiger partial charge on any atom is -0.212 e. The molecule has 1 fully saturated rings. The Bertz CT molecular complexity index is 1310. The van der Waals surface area contributed by atoms with Crippen molar-refractivity contribution >= 4 is 0 Å². The maximum Gasteiger partial charge on any atom is 0.260 e. The van der Waals surface area contributed by atoms with E-state index in [4.69, 9.17) is 0 Å². The normalized spacial score (nSPS) is 19.8. The Kier molecular flexibility index (Phi) is 4.40. The Morgan fingerprint density at radius 1 is 0.781 bits per heavy atom. The fraction of sp³-hybridized carbons (Fsp3) is 0.300. The zero-order chi connectivity index (χ0) is 21.9. The average molecular weight is 420 g/mol. The Balaban J connectivity index is 1.76. The highest BCUT2D eigenvalue weighted by Crippen LogP contribution is 2.52. The third kappa shape index (κ3) is 2.44. The quantitative estimate of drug-likeness (QED) is 0.329. The van der Waals surface area contributed by atoms with E-state index in [0.29, 0.717) is 5.92 Å². The molecule has 3 aromatic carbocycles. The predicted octanol–water partition coefficient (Wildman–Crippen LogP) is 6.65. The molecule has 1 saturated carbocycles. The average Bonchev–Trinajstić information content (AvgIpc) is 3.51. The summed E-state index contributed by atoms with van der Waals surface area (Å²) >= 11 is 0. The molecule has 0 amide bonds. The van der Waals surface area contributed by atoms with E-state index in [1.165, 1.54) is 70.8 Å². The molecule has 1 aromatic heterocycles. The first kappa shape index (κ1) is 19.5. The van der Waals surface area contributed by atoms with Gasteiger partial charge in [0, 0.05) is 36.5 Å². The molecule has 0 bridgehead atoms. The smallest absolute Gasteiger partial charge is 0.212 e. The molecule has 0 N–H and O–H groups in total.